The van der Waals surface area contributed by atoms with Crippen molar-refractivity contribution >= 4 is 23.2 Å². The van der Waals surface area contributed by atoms with Gasteiger partial charge in [-0.05, 0) is 30.3 Å². The number of rotatable bonds is 4. The van der Waals surface area contributed by atoms with E-state index in [4.69, 9.17) is 0 Å². The highest BCUT2D eigenvalue weighted by atomic mass is 19.4. The Morgan fingerprint density at radius 3 is 2.26 bits per heavy atom. The summed E-state index contributed by atoms with van der Waals surface area (Å²) in [5.41, 5.74) is -0.488. The zero-order valence-electron chi connectivity index (χ0n) is 11.7. The molecule has 0 spiro atoms. The van der Waals surface area contributed by atoms with Crippen molar-refractivity contribution in [3.8, 4) is 0 Å². The smallest absolute Gasteiger partial charge is 0.326 e. The fraction of sp³-hybridized carbons (Fsp3) is 0.133. The molecule has 0 aliphatic heterocycles. The Balaban J connectivity index is 1.93. The van der Waals surface area contributed by atoms with Gasteiger partial charge in [0, 0.05) is 11.9 Å². The summed E-state index contributed by atoms with van der Waals surface area (Å²) in [7, 11) is 0. The normalized spacial score (nSPS) is 10.9. The highest BCUT2D eigenvalue weighted by molar-refractivity contribution is 6.08. The second-order valence-corrected chi connectivity index (χ2v) is 4.59. The molecule has 0 unspecified atom stereocenters. The Bertz CT molecular complexity index is 703. The summed E-state index contributed by atoms with van der Waals surface area (Å²) < 4.78 is 37.7. The minimum Gasteiger partial charge on any atom is -0.326 e. The van der Waals surface area contributed by atoms with E-state index < -0.39 is 30.0 Å². The number of nitrogens with zero attached hydrogens (tertiary/aromatic N) is 1. The SMILES string of the molecule is O=C(CC(=O)Nc1cccc(C(F)(F)F)c1)Nc1cccnc1. The maximum atomic E-state index is 12.6. The standard InChI is InChI=1S/C15H12F3N3O2/c16-15(17,18)10-3-1-4-11(7-10)20-13(22)8-14(23)21-12-5-2-6-19-9-12/h1-7,9H,8H2,(H,20,22)(H,21,23). The fourth-order valence-corrected chi connectivity index (χ4v) is 1.77. The van der Waals surface area contributed by atoms with E-state index in [-0.39, 0.29) is 5.69 Å². The number of anilines is 2. The summed E-state index contributed by atoms with van der Waals surface area (Å²) in [6, 6.07) is 7.38. The first kappa shape index (κ1) is 16.5. The van der Waals surface area contributed by atoms with Crippen LogP contribution in [0, 0.1) is 0 Å². The zero-order chi connectivity index (χ0) is 16.9. The van der Waals surface area contributed by atoms with Crippen LogP contribution >= 0.6 is 0 Å². The van der Waals surface area contributed by atoms with Crippen LogP contribution in [0.3, 0.4) is 0 Å². The van der Waals surface area contributed by atoms with Gasteiger partial charge in [-0.2, -0.15) is 13.2 Å². The predicted molar refractivity (Wildman–Crippen MR) is 77.6 cm³/mol. The van der Waals surface area contributed by atoms with Crippen LogP contribution in [-0.2, 0) is 15.8 Å². The molecule has 0 radical (unpaired) electrons. The number of benzene rings is 1. The van der Waals surface area contributed by atoms with E-state index in [9.17, 15) is 22.8 Å². The van der Waals surface area contributed by atoms with Gasteiger partial charge in [-0.15, -0.1) is 0 Å². The number of amides is 2. The molecule has 0 aliphatic rings. The van der Waals surface area contributed by atoms with Crippen LogP contribution in [0.15, 0.2) is 48.8 Å². The molecule has 1 aromatic heterocycles. The molecule has 2 amide bonds. The van der Waals surface area contributed by atoms with Crippen molar-refractivity contribution in [2.75, 3.05) is 10.6 Å². The third-order valence-corrected chi connectivity index (χ3v) is 2.74. The van der Waals surface area contributed by atoms with Crippen LogP contribution < -0.4 is 10.6 Å². The van der Waals surface area contributed by atoms with Crippen molar-refractivity contribution in [3.63, 3.8) is 0 Å². The van der Waals surface area contributed by atoms with Crippen LogP contribution in [0.4, 0.5) is 24.5 Å². The van der Waals surface area contributed by atoms with Crippen LogP contribution in [0.25, 0.3) is 0 Å². The van der Waals surface area contributed by atoms with E-state index in [0.717, 1.165) is 12.1 Å². The Morgan fingerprint density at radius 2 is 1.65 bits per heavy atom. The quantitative estimate of drug-likeness (QED) is 0.850. The number of pyridine rings is 1. The van der Waals surface area contributed by atoms with Gasteiger partial charge in [-0.25, -0.2) is 0 Å². The maximum Gasteiger partial charge on any atom is 0.416 e. The first-order chi connectivity index (χ1) is 10.8. The number of hydrogen-bond acceptors (Lipinski definition) is 3. The number of aromatic nitrogens is 1. The molecule has 2 rings (SSSR count). The summed E-state index contributed by atoms with van der Waals surface area (Å²) in [4.78, 5) is 27.2. The Kier molecular flexibility index (Phi) is 4.95. The minimum absolute atomic E-state index is 0.0287. The molecular weight excluding hydrogens is 311 g/mol. The van der Waals surface area contributed by atoms with E-state index in [1.165, 1.54) is 24.5 Å². The monoisotopic (exact) mass is 323 g/mol. The third kappa shape index (κ3) is 5.10. The lowest BCUT2D eigenvalue weighted by molar-refractivity contribution is -0.137. The van der Waals surface area contributed by atoms with Gasteiger partial charge in [0.2, 0.25) is 11.8 Å². The summed E-state index contributed by atoms with van der Waals surface area (Å²) in [6.45, 7) is 0. The molecule has 120 valence electrons. The largest absolute Gasteiger partial charge is 0.416 e. The molecule has 0 saturated carbocycles. The Hall–Kier alpha value is -2.90. The van der Waals surface area contributed by atoms with Crippen molar-refractivity contribution in [3.05, 3.63) is 54.4 Å². The first-order valence-electron chi connectivity index (χ1n) is 6.51. The van der Waals surface area contributed by atoms with Crippen LogP contribution in [0.2, 0.25) is 0 Å². The molecule has 2 aromatic rings. The maximum absolute atomic E-state index is 12.6. The highest BCUT2D eigenvalue weighted by Gasteiger charge is 2.30. The zero-order valence-corrected chi connectivity index (χ0v) is 11.7. The van der Waals surface area contributed by atoms with Gasteiger partial charge < -0.3 is 10.6 Å². The first-order valence-corrected chi connectivity index (χ1v) is 6.51. The molecule has 5 nitrogen and oxygen atoms in total. The summed E-state index contributed by atoms with van der Waals surface area (Å²) in [5, 5.41) is 4.71. The van der Waals surface area contributed by atoms with Gasteiger partial charge in [-0.3, -0.25) is 14.6 Å². The molecule has 23 heavy (non-hydrogen) atoms. The van der Waals surface area contributed by atoms with Gasteiger partial charge >= 0.3 is 6.18 Å². The molecule has 0 aliphatic carbocycles. The van der Waals surface area contributed by atoms with E-state index in [1.807, 2.05) is 0 Å². The van der Waals surface area contributed by atoms with Crippen LogP contribution in [0.5, 0.6) is 0 Å². The molecule has 2 N–H and O–H groups in total. The van der Waals surface area contributed by atoms with Gasteiger partial charge in [0.15, 0.2) is 0 Å². The number of alkyl halides is 3. The van der Waals surface area contributed by atoms with Crippen LogP contribution in [0.1, 0.15) is 12.0 Å². The lowest BCUT2D eigenvalue weighted by atomic mass is 10.2. The third-order valence-electron chi connectivity index (χ3n) is 2.74. The van der Waals surface area contributed by atoms with E-state index in [0.29, 0.717) is 5.69 Å². The fourth-order valence-electron chi connectivity index (χ4n) is 1.77. The summed E-state index contributed by atoms with van der Waals surface area (Å²) in [6.07, 6.45) is -2.10. The second-order valence-electron chi connectivity index (χ2n) is 4.59. The molecule has 8 heteroatoms. The van der Waals surface area contributed by atoms with Gasteiger partial charge in [-0.1, -0.05) is 6.07 Å². The molecule has 1 heterocycles. The number of halogens is 3. The lowest BCUT2D eigenvalue weighted by Gasteiger charge is -2.10. The lowest BCUT2D eigenvalue weighted by Crippen LogP contribution is -2.21. The molecular formula is C15H12F3N3O2. The number of carbonyl (C=O) groups is 2. The van der Waals surface area contributed by atoms with Gasteiger partial charge in [0.25, 0.3) is 0 Å². The Morgan fingerprint density at radius 1 is 1.00 bits per heavy atom. The summed E-state index contributed by atoms with van der Waals surface area (Å²) >= 11 is 0. The Labute approximate surface area is 129 Å². The number of carbonyl (C=O) groups excluding carboxylic acids is 2. The number of hydrogen-bond donors (Lipinski definition) is 2. The molecule has 0 atom stereocenters. The average molecular weight is 323 g/mol. The number of nitrogens with one attached hydrogen (secondary N) is 2. The van der Waals surface area contributed by atoms with Crippen molar-refractivity contribution in [2.24, 2.45) is 0 Å². The van der Waals surface area contributed by atoms with Crippen molar-refractivity contribution in [1.82, 2.24) is 4.98 Å². The van der Waals surface area contributed by atoms with E-state index in [1.54, 1.807) is 12.1 Å². The topological polar surface area (TPSA) is 71.1 Å². The second kappa shape index (κ2) is 6.91. The van der Waals surface area contributed by atoms with Gasteiger partial charge in [0.1, 0.15) is 6.42 Å². The summed E-state index contributed by atoms with van der Waals surface area (Å²) in [5.74, 6) is -1.31. The van der Waals surface area contributed by atoms with Gasteiger partial charge in [0.05, 0.1) is 17.4 Å². The van der Waals surface area contributed by atoms with Crippen molar-refractivity contribution in [1.29, 1.82) is 0 Å². The van der Waals surface area contributed by atoms with E-state index >= 15 is 0 Å². The molecule has 0 bridgehead atoms. The van der Waals surface area contributed by atoms with Crippen molar-refractivity contribution < 1.29 is 22.8 Å². The molecule has 0 fully saturated rings. The molecule has 0 saturated heterocycles. The minimum atomic E-state index is -4.50. The van der Waals surface area contributed by atoms with E-state index in [2.05, 4.69) is 15.6 Å². The average Bonchev–Trinajstić information content (AvgIpc) is 2.47. The van der Waals surface area contributed by atoms with Crippen LogP contribution in [-0.4, -0.2) is 16.8 Å². The highest BCUT2D eigenvalue weighted by Crippen LogP contribution is 2.30. The van der Waals surface area contributed by atoms with Crippen molar-refractivity contribution in [2.45, 2.75) is 12.6 Å². The predicted octanol–water partition coefficient (Wildman–Crippen LogP) is 3.07. The molecule has 1 aromatic carbocycles.